The van der Waals surface area contributed by atoms with Gasteiger partial charge in [-0.1, -0.05) is 43.9 Å². The Bertz CT molecular complexity index is 496. The molecule has 0 amide bonds. The summed E-state index contributed by atoms with van der Waals surface area (Å²) in [6.45, 7) is 2.23. The molecule has 0 aliphatic carbocycles. The minimum atomic E-state index is 0.761. The van der Waals surface area contributed by atoms with Crippen molar-refractivity contribution in [2.24, 2.45) is 0 Å². The lowest BCUT2D eigenvalue weighted by atomic mass is 10.1. The van der Waals surface area contributed by atoms with Crippen LogP contribution in [0.1, 0.15) is 44.9 Å². The van der Waals surface area contributed by atoms with E-state index >= 15 is 0 Å². The zero-order valence-electron chi connectivity index (χ0n) is 9.40. The Morgan fingerprint density at radius 2 is 2.06 bits per heavy atom. The lowest BCUT2D eigenvalue weighted by molar-refractivity contribution is 0.616. The highest BCUT2D eigenvalue weighted by molar-refractivity contribution is 7.73. The van der Waals surface area contributed by atoms with E-state index in [1.165, 1.54) is 43.4 Å². The predicted molar refractivity (Wildman–Crippen MR) is 68.5 cm³/mol. The Labute approximate surface area is 104 Å². The van der Waals surface area contributed by atoms with Crippen LogP contribution in [0.5, 0.6) is 0 Å². The van der Waals surface area contributed by atoms with Crippen molar-refractivity contribution in [1.82, 2.24) is 19.8 Å². The Morgan fingerprint density at radius 3 is 2.88 bits per heavy atom. The van der Waals surface area contributed by atoms with Crippen molar-refractivity contribution in [1.29, 1.82) is 0 Å². The van der Waals surface area contributed by atoms with Gasteiger partial charge in [-0.15, -0.1) is 10.2 Å². The molecule has 2 aromatic rings. The van der Waals surface area contributed by atoms with Gasteiger partial charge >= 0.3 is 0 Å². The standard InChI is InChI=1S/C10H16N4S2/c1-2-3-4-5-6-7-8-11-12-9-14(8)13-10(15)16-9/h2-7H2,1H3,(H,13,15). The van der Waals surface area contributed by atoms with Crippen molar-refractivity contribution in [3.05, 3.63) is 9.78 Å². The molecule has 0 spiro atoms. The molecular formula is C10H16N4S2. The van der Waals surface area contributed by atoms with Crippen LogP contribution in [0.4, 0.5) is 0 Å². The van der Waals surface area contributed by atoms with Crippen LogP contribution in [-0.2, 0) is 6.42 Å². The van der Waals surface area contributed by atoms with Gasteiger partial charge in [0, 0.05) is 6.42 Å². The fourth-order valence-electron chi connectivity index (χ4n) is 1.72. The molecule has 0 aliphatic rings. The predicted octanol–water partition coefficient (Wildman–Crippen LogP) is 3.36. The highest BCUT2D eigenvalue weighted by Gasteiger charge is 2.06. The molecule has 0 aromatic carbocycles. The number of fused-ring (bicyclic) bond motifs is 1. The van der Waals surface area contributed by atoms with E-state index in [-0.39, 0.29) is 0 Å². The fraction of sp³-hybridized carbons (Fsp3) is 0.700. The Balaban J connectivity index is 1.91. The molecule has 0 fully saturated rings. The van der Waals surface area contributed by atoms with Crippen LogP contribution in [0, 0.1) is 3.95 Å². The van der Waals surface area contributed by atoms with Crippen molar-refractivity contribution in [3.8, 4) is 0 Å². The van der Waals surface area contributed by atoms with Crippen LogP contribution in [0.15, 0.2) is 0 Å². The quantitative estimate of drug-likeness (QED) is 0.636. The van der Waals surface area contributed by atoms with E-state index in [0.29, 0.717) is 0 Å². The molecule has 0 radical (unpaired) electrons. The van der Waals surface area contributed by atoms with Gasteiger partial charge in [0.15, 0.2) is 9.78 Å². The second-order valence-corrected chi connectivity index (χ2v) is 5.54. The molecule has 2 rings (SSSR count). The molecule has 0 saturated heterocycles. The second kappa shape index (κ2) is 5.54. The van der Waals surface area contributed by atoms with E-state index in [0.717, 1.165) is 21.2 Å². The number of unbranched alkanes of at least 4 members (excludes halogenated alkanes) is 4. The maximum absolute atomic E-state index is 5.07. The Morgan fingerprint density at radius 1 is 1.25 bits per heavy atom. The molecule has 6 heteroatoms. The normalized spacial score (nSPS) is 11.3. The maximum Gasteiger partial charge on any atom is 0.233 e. The summed E-state index contributed by atoms with van der Waals surface area (Å²) in [5.74, 6) is 0.999. The van der Waals surface area contributed by atoms with Crippen molar-refractivity contribution < 1.29 is 0 Å². The van der Waals surface area contributed by atoms with Crippen molar-refractivity contribution in [3.63, 3.8) is 0 Å². The van der Waals surface area contributed by atoms with Crippen LogP contribution in [0.25, 0.3) is 4.96 Å². The van der Waals surface area contributed by atoms with E-state index in [4.69, 9.17) is 12.2 Å². The highest BCUT2D eigenvalue weighted by atomic mass is 32.1. The summed E-state index contributed by atoms with van der Waals surface area (Å²) >= 11 is 6.54. The zero-order chi connectivity index (χ0) is 11.4. The number of nitrogens with one attached hydrogen (secondary N) is 1. The molecule has 0 saturated carbocycles. The van der Waals surface area contributed by atoms with Crippen molar-refractivity contribution >= 4 is 28.5 Å². The molecule has 2 heterocycles. The van der Waals surface area contributed by atoms with Crippen LogP contribution in [0.3, 0.4) is 0 Å². The average Bonchev–Trinajstić information content (AvgIpc) is 2.78. The number of aromatic nitrogens is 4. The number of hydrogen-bond acceptors (Lipinski definition) is 4. The average molecular weight is 256 g/mol. The van der Waals surface area contributed by atoms with Gasteiger partial charge in [0.25, 0.3) is 0 Å². The number of rotatable bonds is 6. The second-order valence-electron chi connectivity index (χ2n) is 3.90. The molecule has 4 nitrogen and oxygen atoms in total. The third kappa shape index (κ3) is 2.68. The minimum Gasteiger partial charge on any atom is -0.271 e. The molecule has 0 aliphatic heterocycles. The summed E-state index contributed by atoms with van der Waals surface area (Å²) in [7, 11) is 0. The van der Waals surface area contributed by atoms with Crippen LogP contribution in [-0.4, -0.2) is 19.8 Å². The van der Waals surface area contributed by atoms with E-state index in [9.17, 15) is 0 Å². The smallest absolute Gasteiger partial charge is 0.233 e. The largest absolute Gasteiger partial charge is 0.271 e. The SMILES string of the molecule is CCCCCCCc1nnc2sc(=S)[nH]n12. The van der Waals surface area contributed by atoms with Gasteiger partial charge in [0.05, 0.1) is 0 Å². The Hall–Kier alpha value is -0.750. The number of nitrogens with zero attached hydrogens (tertiary/aromatic N) is 3. The number of hydrogen-bond donors (Lipinski definition) is 1. The number of H-pyrrole nitrogens is 1. The first kappa shape index (κ1) is 11.7. The van der Waals surface area contributed by atoms with Gasteiger partial charge in [-0.2, -0.15) is 0 Å². The Kier molecular flexibility index (Phi) is 4.06. The van der Waals surface area contributed by atoms with Crippen molar-refractivity contribution in [2.45, 2.75) is 45.4 Å². The number of aryl methyl sites for hydroxylation is 1. The van der Waals surface area contributed by atoms with Crippen LogP contribution < -0.4 is 0 Å². The zero-order valence-corrected chi connectivity index (χ0v) is 11.0. The number of aromatic amines is 1. The summed E-state index contributed by atoms with van der Waals surface area (Å²) in [5.41, 5.74) is 0. The first-order valence-electron chi connectivity index (χ1n) is 5.74. The monoisotopic (exact) mass is 256 g/mol. The van der Waals surface area contributed by atoms with E-state index in [1.54, 1.807) is 0 Å². The third-order valence-corrected chi connectivity index (χ3v) is 3.66. The summed E-state index contributed by atoms with van der Waals surface area (Å²) in [6, 6.07) is 0. The first-order chi connectivity index (χ1) is 7.81. The third-order valence-electron chi connectivity index (χ3n) is 2.59. The van der Waals surface area contributed by atoms with Gasteiger partial charge in [0.2, 0.25) is 4.96 Å². The molecule has 16 heavy (non-hydrogen) atoms. The molecule has 1 N–H and O–H groups in total. The van der Waals surface area contributed by atoms with Gasteiger partial charge in [-0.25, -0.2) is 4.52 Å². The summed E-state index contributed by atoms with van der Waals surface area (Å²) in [5, 5.41) is 11.3. The van der Waals surface area contributed by atoms with Gasteiger partial charge in [-0.3, -0.25) is 5.10 Å². The first-order valence-corrected chi connectivity index (χ1v) is 6.97. The van der Waals surface area contributed by atoms with E-state index in [2.05, 4.69) is 22.2 Å². The summed E-state index contributed by atoms with van der Waals surface area (Å²) in [6.07, 6.45) is 7.36. The lowest BCUT2D eigenvalue weighted by Gasteiger charge is -1.98. The molecule has 0 unspecified atom stereocenters. The van der Waals surface area contributed by atoms with Crippen LogP contribution in [0.2, 0.25) is 0 Å². The lowest BCUT2D eigenvalue weighted by Crippen LogP contribution is -1.95. The topological polar surface area (TPSA) is 46.0 Å². The summed E-state index contributed by atoms with van der Waals surface area (Å²) in [4.78, 5) is 0.869. The molecule has 0 atom stereocenters. The molecule has 2 aromatic heterocycles. The minimum absolute atomic E-state index is 0.761. The van der Waals surface area contributed by atoms with E-state index in [1.807, 2.05) is 4.52 Å². The molecular weight excluding hydrogens is 240 g/mol. The maximum atomic E-state index is 5.07. The van der Waals surface area contributed by atoms with Gasteiger partial charge < -0.3 is 0 Å². The van der Waals surface area contributed by atoms with Gasteiger partial charge in [-0.05, 0) is 18.6 Å². The van der Waals surface area contributed by atoms with Crippen LogP contribution >= 0.6 is 23.6 Å². The van der Waals surface area contributed by atoms with Gasteiger partial charge in [0.1, 0.15) is 0 Å². The summed E-state index contributed by atoms with van der Waals surface area (Å²) < 4.78 is 2.67. The van der Waals surface area contributed by atoms with E-state index < -0.39 is 0 Å². The van der Waals surface area contributed by atoms with Crippen molar-refractivity contribution in [2.75, 3.05) is 0 Å². The molecule has 0 bridgehead atoms. The molecule has 88 valence electrons. The fourth-order valence-corrected chi connectivity index (χ4v) is 2.67. The highest BCUT2D eigenvalue weighted by Crippen LogP contribution is 2.12.